The lowest BCUT2D eigenvalue weighted by Gasteiger charge is -2.11. The lowest BCUT2D eigenvalue weighted by molar-refractivity contribution is 0.102. The van der Waals surface area contributed by atoms with E-state index in [0.29, 0.717) is 5.56 Å². The highest BCUT2D eigenvalue weighted by Gasteiger charge is 2.12. The lowest BCUT2D eigenvalue weighted by atomic mass is 10.2. The smallest absolute Gasteiger partial charge is 0.259 e. The van der Waals surface area contributed by atoms with Gasteiger partial charge in [0, 0.05) is 23.4 Å². The van der Waals surface area contributed by atoms with E-state index in [2.05, 4.69) is 31.5 Å². The van der Waals surface area contributed by atoms with Crippen LogP contribution in [-0.2, 0) is 0 Å². The molecule has 0 bridgehead atoms. The average molecular weight is 334 g/mol. The first-order chi connectivity index (χ1) is 9.61. The van der Waals surface area contributed by atoms with Crippen LogP contribution in [0.2, 0.25) is 0 Å². The number of benzene rings is 1. The van der Waals surface area contributed by atoms with Crippen molar-refractivity contribution < 1.29 is 4.79 Å². The molecular formula is C15H16BrN3O. The number of hydrogen-bond donors (Lipinski definition) is 2. The van der Waals surface area contributed by atoms with Gasteiger partial charge in [-0.2, -0.15) is 0 Å². The number of rotatable bonds is 4. The van der Waals surface area contributed by atoms with Gasteiger partial charge in [-0.25, -0.2) is 0 Å². The Morgan fingerprint density at radius 2 is 2.10 bits per heavy atom. The maximum atomic E-state index is 12.3. The molecule has 0 aliphatic rings. The predicted octanol–water partition coefficient (Wildman–Crippen LogP) is 3.84. The van der Waals surface area contributed by atoms with Crippen molar-refractivity contribution in [1.29, 1.82) is 0 Å². The van der Waals surface area contributed by atoms with Crippen molar-refractivity contribution in [1.82, 2.24) is 4.98 Å². The van der Waals surface area contributed by atoms with Gasteiger partial charge < -0.3 is 10.6 Å². The Kier molecular flexibility index (Phi) is 4.74. The standard InChI is InChI=1S/C15H16BrN3O/c1-3-18-13-6-7-17-9-11(13)15(20)19-14-5-4-10(2)8-12(14)16/h4-9H,3H2,1-2H3,(H,17,18)(H,19,20). The summed E-state index contributed by atoms with van der Waals surface area (Å²) in [5.41, 5.74) is 3.18. The van der Waals surface area contributed by atoms with E-state index >= 15 is 0 Å². The van der Waals surface area contributed by atoms with Crippen LogP contribution in [0, 0.1) is 6.92 Å². The molecule has 1 amide bonds. The van der Waals surface area contributed by atoms with Crippen LogP contribution in [0.5, 0.6) is 0 Å². The SMILES string of the molecule is CCNc1ccncc1C(=O)Nc1ccc(C)cc1Br. The summed E-state index contributed by atoms with van der Waals surface area (Å²) in [6, 6.07) is 7.59. The number of pyridine rings is 1. The number of aryl methyl sites for hydroxylation is 1. The van der Waals surface area contributed by atoms with Gasteiger partial charge in [-0.1, -0.05) is 6.07 Å². The quantitative estimate of drug-likeness (QED) is 0.893. The van der Waals surface area contributed by atoms with Crippen molar-refractivity contribution in [2.75, 3.05) is 17.2 Å². The molecule has 0 saturated heterocycles. The summed E-state index contributed by atoms with van der Waals surface area (Å²) in [5, 5.41) is 6.04. The Morgan fingerprint density at radius 3 is 2.80 bits per heavy atom. The van der Waals surface area contributed by atoms with Gasteiger partial charge in [-0.05, 0) is 53.5 Å². The summed E-state index contributed by atoms with van der Waals surface area (Å²) in [4.78, 5) is 16.3. The fourth-order valence-electron chi connectivity index (χ4n) is 1.83. The highest BCUT2D eigenvalue weighted by Crippen LogP contribution is 2.24. The molecule has 0 saturated carbocycles. The van der Waals surface area contributed by atoms with Gasteiger partial charge in [-0.3, -0.25) is 9.78 Å². The second kappa shape index (κ2) is 6.52. The van der Waals surface area contributed by atoms with E-state index < -0.39 is 0 Å². The molecule has 0 spiro atoms. The molecule has 1 aromatic heterocycles. The first-order valence-electron chi connectivity index (χ1n) is 6.37. The predicted molar refractivity (Wildman–Crippen MR) is 85.2 cm³/mol. The molecule has 2 aromatic rings. The van der Waals surface area contributed by atoms with Crippen LogP contribution in [0.4, 0.5) is 11.4 Å². The highest BCUT2D eigenvalue weighted by molar-refractivity contribution is 9.10. The minimum Gasteiger partial charge on any atom is -0.385 e. The molecule has 2 N–H and O–H groups in total. The van der Waals surface area contributed by atoms with Gasteiger partial charge in [0.05, 0.1) is 16.9 Å². The van der Waals surface area contributed by atoms with Crippen LogP contribution in [-0.4, -0.2) is 17.4 Å². The molecule has 0 atom stereocenters. The van der Waals surface area contributed by atoms with Crippen LogP contribution in [0.3, 0.4) is 0 Å². The number of carbonyl (C=O) groups is 1. The highest BCUT2D eigenvalue weighted by atomic mass is 79.9. The Balaban J connectivity index is 2.24. The second-order valence-corrected chi connectivity index (χ2v) is 5.24. The molecule has 0 unspecified atom stereocenters. The minimum atomic E-state index is -0.182. The van der Waals surface area contributed by atoms with E-state index in [9.17, 15) is 4.79 Å². The van der Waals surface area contributed by atoms with E-state index in [1.54, 1.807) is 18.5 Å². The monoisotopic (exact) mass is 333 g/mol. The summed E-state index contributed by atoms with van der Waals surface area (Å²) >= 11 is 3.45. The van der Waals surface area contributed by atoms with Crippen LogP contribution in [0.1, 0.15) is 22.8 Å². The van der Waals surface area contributed by atoms with E-state index in [4.69, 9.17) is 0 Å². The third kappa shape index (κ3) is 3.36. The first-order valence-corrected chi connectivity index (χ1v) is 7.16. The number of nitrogens with one attached hydrogen (secondary N) is 2. The maximum absolute atomic E-state index is 12.3. The fourth-order valence-corrected chi connectivity index (χ4v) is 2.42. The zero-order valence-corrected chi connectivity index (χ0v) is 13.0. The zero-order chi connectivity index (χ0) is 14.5. The summed E-state index contributed by atoms with van der Waals surface area (Å²) in [6.45, 7) is 4.73. The number of halogens is 1. The molecular weight excluding hydrogens is 318 g/mol. The van der Waals surface area contributed by atoms with Crippen LogP contribution < -0.4 is 10.6 Å². The van der Waals surface area contributed by atoms with Crippen molar-refractivity contribution in [3.05, 3.63) is 52.3 Å². The molecule has 2 rings (SSSR count). The van der Waals surface area contributed by atoms with E-state index in [1.165, 1.54) is 0 Å². The molecule has 20 heavy (non-hydrogen) atoms. The van der Waals surface area contributed by atoms with Crippen LogP contribution >= 0.6 is 15.9 Å². The molecule has 1 heterocycles. The topological polar surface area (TPSA) is 54.0 Å². The molecule has 0 aliphatic carbocycles. The van der Waals surface area contributed by atoms with Crippen molar-refractivity contribution in [3.63, 3.8) is 0 Å². The molecule has 104 valence electrons. The fraction of sp³-hybridized carbons (Fsp3) is 0.200. The van der Waals surface area contributed by atoms with Crippen molar-refractivity contribution in [3.8, 4) is 0 Å². The van der Waals surface area contributed by atoms with Gasteiger partial charge in [0.25, 0.3) is 5.91 Å². The molecule has 0 fully saturated rings. The van der Waals surface area contributed by atoms with Gasteiger partial charge in [0.1, 0.15) is 0 Å². The Hall–Kier alpha value is -1.88. The number of carbonyl (C=O) groups excluding carboxylic acids is 1. The third-order valence-electron chi connectivity index (χ3n) is 2.81. The van der Waals surface area contributed by atoms with Gasteiger partial charge in [0.2, 0.25) is 0 Å². The third-order valence-corrected chi connectivity index (χ3v) is 3.46. The van der Waals surface area contributed by atoms with E-state index in [1.807, 2.05) is 32.0 Å². The molecule has 1 aromatic carbocycles. The molecule has 4 nitrogen and oxygen atoms in total. The zero-order valence-electron chi connectivity index (χ0n) is 11.4. The Bertz CT molecular complexity index is 628. The number of hydrogen-bond acceptors (Lipinski definition) is 3. The summed E-state index contributed by atoms with van der Waals surface area (Å²) < 4.78 is 0.861. The average Bonchev–Trinajstić information content (AvgIpc) is 2.43. The van der Waals surface area contributed by atoms with E-state index in [0.717, 1.165) is 28.0 Å². The molecule has 0 radical (unpaired) electrons. The second-order valence-electron chi connectivity index (χ2n) is 4.39. The van der Waals surface area contributed by atoms with Crippen molar-refractivity contribution in [2.45, 2.75) is 13.8 Å². The Morgan fingerprint density at radius 1 is 1.30 bits per heavy atom. The minimum absolute atomic E-state index is 0.182. The molecule has 0 aliphatic heterocycles. The lowest BCUT2D eigenvalue weighted by Crippen LogP contribution is -2.15. The number of nitrogens with zero attached hydrogens (tertiary/aromatic N) is 1. The van der Waals surface area contributed by atoms with Gasteiger partial charge >= 0.3 is 0 Å². The van der Waals surface area contributed by atoms with Crippen LogP contribution in [0.25, 0.3) is 0 Å². The largest absolute Gasteiger partial charge is 0.385 e. The Labute approximate surface area is 126 Å². The maximum Gasteiger partial charge on any atom is 0.259 e. The number of aromatic nitrogens is 1. The summed E-state index contributed by atoms with van der Waals surface area (Å²) in [5.74, 6) is -0.182. The normalized spacial score (nSPS) is 10.2. The van der Waals surface area contributed by atoms with Crippen molar-refractivity contribution >= 4 is 33.2 Å². The van der Waals surface area contributed by atoms with Crippen LogP contribution in [0.15, 0.2) is 41.1 Å². The van der Waals surface area contributed by atoms with Gasteiger partial charge in [0.15, 0.2) is 0 Å². The number of amides is 1. The molecule has 5 heteroatoms. The first kappa shape index (κ1) is 14.5. The summed E-state index contributed by atoms with van der Waals surface area (Å²) in [7, 11) is 0. The van der Waals surface area contributed by atoms with Gasteiger partial charge in [-0.15, -0.1) is 0 Å². The number of anilines is 2. The van der Waals surface area contributed by atoms with E-state index in [-0.39, 0.29) is 5.91 Å². The van der Waals surface area contributed by atoms with Crippen molar-refractivity contribution in [2.24, 2.45) is 0 Å². The summed E-state index contributed by atoms with van der Waals surface area (Å²) in [6.07, 6.45) is 3.23.